The summed E-state index contributed by atoms with van der Waals surface area (Å²) in [6, 6.07) is 0. The van der Waals surface area contributed by atoms with Gasteiger partial charge in [-0.25, -0.2) is 0 Å². The van der Waals surface area contributed by atoms with Crippen LogP contribution in [0.3, 0.4) is 0 Å². The van der Waals surface area contributed by atoms with Gasteiger partial charge in [-0.05, 0) is 38.0 Å². The van der Waals surface area contributed by atoms with Gasteiger partial charge < -0.3 is 4.74 Å². The summed E-state index contributed by atoms with van der Waals surface area (Å²) in [5.41, 5.74) is 0. The number of carbonyl (C=O) groups excluding carboxylic acids is 1. The maximum atomic E-state index is 11.9. The Kier molecular flexibility index (Phi) is 4.29. The second-order valence-corrected chi connectivity index (χ2v) is 5.68. The highest BCUT2D eigenvalue weighted by Crippen LogP contribution is 2.36. The Morgan fingerprint density at radius 1 is 1.13 bits per heavy atom. The molecule has 0 N–H and O–H groups in total. The number of halogens is 1. The Morgan fingerprint density at radius 3 is 2.67 bits per heavy atom. The Labute approximate surface area is 105 Å². The van der Waals surface area contributed by atoms with Crippen LogP contribution < -0.4 is 0 Å². The minimum Gasteiger partial charge on any atom is -0.461 e. The topological polar surface area (TPSA) is 26.3 Å². The van der Waals surface area contributed by atoms with Gasteiger partial charge in [-0.3, -0.25) is 4.79 Å². The molecule has 3 atom stereocenters. The Hall–Kier alpha value is 0.200. The quantitative estimate of drug-likeness (QED) is 0.420. The number of fused-ring (bicyclic) bond motifs is 1. The van der Waals surface area contributed by atoms with Crippen molar-refractivity contribution in [3.05, 3.63) is 0 Å². The van der Waals surface area contributed by atoms with Gasteiger partial charge in [0.2, 0.25) is 0 Å². The van der Waals surface area contributed by atoms with Crippen molar-refractivity contribution in [2.24, 2.45) is 11.8 Å². The summed E-state index contributed by atoms with van der Waals surface area (Å²) in [5.74, 6) is 0.951. The van der Waals surface area contributed by atoms with Crippen molar-refractivity contribution < 1.29 is 9.53 Å². The molecule has 0 spiro atoms. The number of cyclic esters (lactones) is 1. The van der Waals surface area contributed by atoms with Crippen LogP contribution in [0.5, 0.6) is 0 Å². The SMILES string of the molecule is O=C1O[C@@H](CI)CCC[C@H]2CCCC[C@@H]12. The van der Waals surface area contributed by atoms with Crippen LogP contribution in [-0.4, -0.2) is 16.5 Å². The van der Waals surface area contributed by atoms with Crippen LogP contribution in [0, 0.1) is 11.8 Å². The van der Waals surface area contributed by atoms with Crippen LogP contribution >= 0.6 is 22.6 Å². The van der Waals surface area contributed by atoms with E-state index in [1.807, 2.05) is 0 Å². The molecule has 3 heteroatoms. The van der Waals surface area contributed by atoms with Crippen molar-refractivity contribution in [1.29, 1.82) is 0 Å². The summed E-state index contributed by atoms with van der Waals surface area (Å²) in [6.07, 6.45) is 8.56. The van der Waals surface area contributed by atoms with Crippen molar-refractivity contribution >= 4 is 28.6 Å². The van der Waals surface area contributed by atoms with Crippen LogP contribution in [-0.2, 0) is 9.53 Å². The van der Waals surface area contributed by atoms with Gasteiger partial charge in [0, 0.05) is 4.43 Å². The predicted molar refractivity (Wildman–Crippen MR) is 68.1 cm³/mol. The molecule has 86 valence electrons. The van der Waals surface area contributed by atoms with Crippen LogP contribution in [0.15, 0.2) is 0 Å². The first-order chi connectivity index (χ1) is 7.31. The predicted octanol–water partition coefficient (Wildman–Crippen LogP) is 3.32. The summed E-state index contributed by atoms with van der Waals surface area (Å²) < 4.78 is 6.51. The largest absolute Gasteiger partial charge is 0.461 e. The molecule has 1 saturated heterocycles. The van der Waals surface area contributed by atoms with Gasteiger partial charge in [-0.15, -0.1) is 0 Å². The summed E-state index contributed by atoms with van der Waals surface area (Å²) in [6.45, 7) is 0. The molecule has 2 aliphatic rings. The molecule has 0 aromatic heterocycles. The van der Waals surface area contributed by atoms with Crippen LogP contribution in [0.2, 0.25) is 0 Å². The normalized spacial score (nSPS) is 37.4. The number of carbonyl (C=O) groups is 1. The van der Waals surface area contributed by atoms with Gasteiger partial charge in [-0.1, -0.05) is 35.4 Å². The highest BCUT2D eigenvalue weighted by molar-refractivity contribution is 14.1. The van der Waals surface area contributed by atoms with E-state index in [2.05, 4.69) is 22.6 Å². The third-order valence-electron chi connectivity index (χ3n) is 3.77. The minimum absolute atomic E-state index is 0.0982. The smallest absolute Gasteiger partial charge is 0.309 e. The minimum atomic E-state index is 0.0982. The summed E-state index contributed by atoms with van der Waals surface area (Å²) in [4.78, 5) is 11.9. The first-order valence-electron chi connectivity index (χ1n) is 6.07. The van der Waals surface area contributed by atoms with E-state index in [-0.39, 0.29) is 18.0 Å². The molecular weight excluding hydrogens is 303 g/mol. The number of alkyl halides is 1. The average molecular weight is 322 g/mol. The second kappa shape index (κ2) is 5.51. The molecule has 0 amide bonds. The van der Waals surface area contributed by atoms with Gasteiger partial charge in [0.1, 0.15) is 6.10 Å². The number of esters is 1. The molecule has 0 unspecified atom stereocenters. The molecule has 15 heavy (non-hydrogen) atoms. The summed E-state index contributed by atoms with van der Waals surface area (Å²) in [5, 5.41) is 0. The van der Waals surface area contributed by atoms with E-state index in [4.69, 9.17) is 4.74 Å². The monoisotopic (exact) mass is 322 g/mol. The zero-order chi connectivity index (χ0) is 10.7. The maximum Gasteiger partial charge on any atom is 0.309 e. The van der Waals surface area contributed by atoms with Crippen molar-refractivity contribution in [3.63, 3.8) is 0 Å². The molecule has 0 aromatic carbocycles. The molecule has 1 saturated carbocycles. The number of ether oxygens (including phenoxy) is 1. The molecule has 0 radical (unpaired) electrons. The number of hydrogen-bond donors (Lipinski definition) is 0. The van der Waals surface area contributed by atoms with Crippen molar-refractivity contribution in [1.82, 2.24) is 0 Å². The molecule has 1 aliphatic heterocycles. The molecule has 2 nitrogen and oxygen atoms in total. The van der Waals surface area contributed by atoms with E-state index in [1.54, 1.807) is 0 Å². The first kappa shape index (κ1) is 11.7. The molecule has 2 rings (SSSR count). The fourth-order valence-corrected chi connectivity index (χ4v) is 3.51. The van der Waals surface area contributed by atoms with Crippen molar-refractivity contribution in [3.8, 4) is 0 Å². The average Bonchev–Trinajstić information content (AvgIpc) is 2.25. The summed E-state index contributed by atoms with van der Waals surface area (Å²) >= 11 is 2.32. The van der Waals surface area contributed by atoms with Gasteiger partial charge in [0.25, 0.3) is 0 Å². The van der Waals surface area contributed by atoms with Crippen LogP contribution in [0.1, 0.15) is 44.9 Å². The lowest BCUT2D eigenvalue weighted by atomic mass is 9.76. The zero-order valence-electron chi connectivity index (χ0n) is 9.08. The van der Waals surface area contributed by atoms with E-state index >= 15 is 0 Å². The van der Waals surface area contributed by atoms with E-state index in [0.29, 0.717) is 5.92 Å². The number of hydrogen-bond acceptors (Lipinski definition) is 2. The fraction of sp³-hybridized carbons (Fsp3) is 0.917. The Bertz CT molecular complexity index is 230. The lowest BCUT2D eigenvalue weighted by molar-refractivity contribution is -0.158. The maximum absolute atomic E-state index is 11.9. The van der Waals surface area contributed by atoms with Crippen molar-refractivity contribution in [2.75, 3.05) is 4.43 Å². The first-order valence-corrected chi connectivity index (χ1v) is 7.60. The molecule has 1 aliphatic carbocycles. The lowest BCUT2D eigenvalue weighted by Gasteiger charge is -2.33. The fourth-order valence-electron chi connectivity index (χ4n) is 2.89. The summed E-state index contributed by atoms with van der Waals surface area (Å²) in [7, 11) is 0. The Balaban J connectivity index is 2.01. The molecule has 2 fully saturated rings. The van der Waals surface area contributed by atoms with Crippen molar-refractivity contribution in [2.45, 2.75) is 51.0 Å². The van der Waals surface area contributed by atoms with Gasteiger partial charge >= 0.3 is 5.97 Å². The van der Waals surface area contributed by atoms with E-state index in [1.165, 1.54) is 32.1 Å². The van der Waals surface area contributed by atoms with Gasteiger partial charge in [0.05, 0.1) is 5.92 Å². The molecular formula is C12H19IO2. The third kappa shape index (κ3) is 2.86. The van der Waals surface area contributed by atoms with Gasteiger partial charge in [-0.2, -0.15) is 0 Å². The highest BCUT2D eigenvalue weighted by Gasteiger charge is 2.34. The van der Waals surface area contributed by atoms with Crippen LogP contribution in [0.4, 0.5) is 0 Å². The molecule has 0 bridgehead atoms. The lowest BCUT2D eigenvalue weighted by Crippen LogP contribution is -2.34. The van der Waals surface area contributed by atoms with E-state index in [0.717, 1.165) is 17.3 Å². The van der Waals surface area contributed by atoms with E-state index < -0.39 is 0 Å². The van der Waals surface area contributed by atoms with Gasteiger partial charge in [0.15, 0.2) is 0 Å². The second-order valence-electron chi connectivity index (χ2n) is 4.80. The number of rotatable bonds is 1. The Morgan fingerprint density at radius 2 is 1.87 bits per heavy atom. The van der Waals surface area contributed by atoms with Crippen LogP contribution in [0.25, 0.3) is 0 Å². The molecule has 0 aromatic rings. The highest BCUT2D eigenvalue weighted by atomic mass is 127. The third-order valence-corrected chi connectivity index (χ3v) is 4.75. The molecule has 1 heterocycles. The standard InChI is InChI=1S/C12H19IO2/c13-8-10-6-3-5-9-4-1-2-7-11(9)12(14)15-10/h9-11H,1-8H2/t9-,10-,11-/m1/s1. The van der Waals surface area contributed by atoms with E-state index in [9.17, 15) is 4.79 Å². The zero-order valence-corrected chi connectivity index (χ0v) is 11.2.